The molecule has 0 aromatic rings. The van der Waals surface area contributed by atoms with Crippen molar-refractivity contribution in [1.82, 2.24) is 0 Å². The molecule has 0 radical (unpaired) electrons. The first-order valence-corrected chi connectivity index (χ1v) is 6.34. The molecule has 0 aromatic carbocycles. The van der Waals surface area contributed by atoms with Crippen LogP contribution in [-0.4, -0.2) is 23.8 Å². The third-order valence-corrected chi connectivity index (χ3v) is 2.24. The Bertz CT molecular complexity index is 244. The van der Waals surface area contributed by atoms with Gasteiger partial charge in [0.25, 0.3) is 0 Å². The Labute approximate surface area is 104 Å². The van der Waals surface area contributed by atoms with E-state index in [1.54, 1.807) is 6.92 Å². The number of carbonyl (C=O) groups is 1. The molecule has 98 valence electrons. The van der Waals surface area contributed by atoms with Gasteiger partial charge in [0.15, 0.2) is 0 Å². The van der Waals surface area contributed by atoms with E-state index < -0.39 is 6.10 Å². The number of allylic oxidation sites excluding steroid dienone is 3. The van der Waals surface area contributed by atoms with Crippen molar-refractivity contribution in [3.8, 4) is 0 Å². The molecule has 0 aliphatic heterocycles. The van der Waals surface area contributed by atoms with Crippen LogP contribution in [0.2, 0.25) is 0 Å². The number of hydrogen-bond acceptors (Lipinski definition) is 3. The molecule has 0 bridgehead atoms. The average molecular weight is 240 g/mol. The SMILES string of the molecule is CC/C=C\C/C=C\CC(O)CCC(=O)OCC. The largest absolute Gasteiger partial charge is 0.466 e. The van der Waals surface area contributed by atoms with Gasteiger partial charge >= 0.3 is 5.97 Å². The molecule has 0 aromatic heterocycles. The van der Waals surface area contributed by atoms with Crippen LogP contribution in [0.1, 0.15) is 46.0 Å². The number of carbonyl (C=O) groups excluding carboxylic acids is 1. The van der Waals surface area contributed by atoms with Crippen LogP contribution in [0.3, 0.4) is 0 Å². The normalized spacial score (nSPS) is 13.4. The van der Waals surface area contributed by atoms with Crippen LogP contribution in [0.5, 0.6) is 0 Å². The lowest BCUT2D eigenvalue weighted by Crippen LogP contribution is -2.10. The second-order valence-electron chi connectivity index (χ2n) is 3.82. The first-order chi connectivity index (χ1) is 8.20. The first kappa shape index (κ1) is 15.9. The summed E-state index contributed by atoms with van der Waals surface area (Å²) in [5.41, 5.74) is 0. The van der Waals surface area contributed by atoms with E-state index in [0.29, 0.717) is 25.9 Å². The lowest BCUT2D eigenvalue weighted by Gasteiger charge is -2.06. The summed E-state index contributed by atoms with van der Waals surface area (Å²) in [5, 5.41) is 9.59. The van der Waals surface area contributed by atoms with Gasteiger partial charge in [-0.2, -0.15) is 0 Å². The lowest BCUT2D eigenvalue weighted by atomic mass is 10.1. The van der Waals surface area contributed by atoms with Crippen molar-refractivity contribution < 1.29 is 14.6 Å². The maximum absolute atomic E-state index is 11.0. The summed E-state index contributed by atoms with van der Waals surface area (Å²) >= 11 is 0. The summed E-state index contributed by atoms with van der Waals surface area (Å²) in [6.07, 6.45) is 11.0. The molecule has 0 saturated heterocycles. The first-order valence-electron chi connectivity index (χ1n) is 6.34. The Balaban J connectivity index is 3.55. The summed E-state index contributed by atoms with van der Waals surface area (Å²) in [7, 11) is 0. The molecule has 17 heavy (non-hydrogen) atoms. The van der Waals surface area contributed by atoms with Gasteiger partial charge in [0.05, 0.1) is 12.7 Å². The van der Waals surface area contributed by atoms with E-state index in [1.165, 1.54) is 0 Å². The van der Waals surface area contributed by atoms with E-state index in [4.69, 9.17) is 4.74 Å². The summed E-state index contributed by atoms with van der Waals surface area (Å²) in [6.45, 7) is 4.28. The molecule has 0 heterocycles. The summed E-state index contributed by atoms with van der Waals surface area (Å²) in [4.78, 5) is 11.0. The molecule has 0 rings (SSSR count). The van der Waals surface area contributed by atoms with Crippen LogP contribution in [0.15, 0.2) is 24.3 Å². The molecule has 0 aliphatic rings. The second-order valence-corrected chi connectivity index (χ2v) is 3.82. The topological polar surface area (TPSA) is 46.5 Å². The number of aliphatic hydroxyl groups excluding tert-OH is 1. The van der Waals surface area contributed by atoms with E-state index in [0.717, 1.165) is 12.8 Å². The highest BCUT2D eigenvalue weighted by Gasteiger charge is 2.06. The monoisotopic (exact) mass is 240 g/mol. The Morgan fingerprint density at radius 1 is 1.24 bits per heavy atom. The fourth-order valence-corrected chi connectivity index (χ4v) is 1.33. The van der Waals surface area contributed by atoms with Crippen LogP contribution in [-0.2, 0) is 9.53 Å². The quantitative estimate of drug-likeness (QED) is 0.498. The molecule has 0 aliphatic carbocycles. The minimum atomic E-state index is -0.453. The van der Waals surface area contributed by atoms with Crippen molar-refractivity contribution in [1.29, 1.82) is 0 Å². The molecule has 0 amide bonds. The molecule has 1 N–H and O–H groups in total. The van der Waals surface area contributed by atoms with E-state index in [2.05, 4.69) is 19.1 Å². The molecule has 0 fully saturated rings. The number of esters is 1. The van der Waals surface area contributed by atoms with Crippen molar-refractivity contribution in [3.05, 3.63) is 24.3 Å². The van der Waals surface area contributed by atoms with Gasteiger partial charge in [0, 0.05) is 6.42 Å². The second kappa shape index (κ2) is 11.4. The predicted molar refractivity (Wildman–Crippen MR) is 69.7 cm³/mol. The predicted octanol–water partition coefficient (Wildman–Crippen LogP) is 2.99. The van der Waals surface area contributed by atoms with Gasteiger partial charge in [-0.3, -0.25) is 4.79 Å². The highest BCUT2D eigenvalue weighted by molar-refractivity contribution is 5.69. The number of ether oxygens (including phenoxy) is 1. The summed E-state index contributed by atoms with van der Waals surface area (Å²) in [6, 6.07) is 0. The maximum atomic E-state index is 11.0. The van der Waals surface area contributed by atoms with E-state index >= 15 is 0 Å². The zero-order chi connectivity index (χ0) is 12.9. The van der Waals surface area contributed by atoms with Crippen LogP contribution in [0, 0.1) is 0 Å². The lowest BCUT2D eigenvalue weighted by molar-refractivity contribution is -0.143. The highest BCUT2D eigenvalue weighted by Crippen LogP contribution is 2.04. The van der Waals surface area contributed by atoms with Crippen LogP contribution in [0.25, 0.3) is 0 Å². The number of aliphatic hydroxyl groups is 1. The maximum Gasteiger partial charge on any atom is 0.305 e. The van der Waals surface area contributed by atoms with Gasteiger partial charge in [-0.25, -0.2) is 0 Å². The Hall–Kier alpha value is -1.09. The van der Waals surface area contributed by atoms with Gasteiger partial charge in [-0.15, -0.1) is 0 Å². The van der Waals surface area contributed by atoms with Crippen molar-refractivity contribution >= 4 is 5.97 Å². The smallest absolute Gasteiger partial charge is 0.305 e. The fourth-order valence-electron chi connectivity index (χ4n) is 1.33. The average Bonchev–Trinajstić information content (AvgIpc) is 2.31. The van der Waals surface area contributed by atoms with Gasteiger partial charge in [-0.05, 0) is 32.6 Å². The Kier molecular flexibility index (Phi) is 10.7. The molecule has 1 atom stereocenters. The van der Waals surface area contributed by atoms with Gasteiger partial charge < -0.3 is 9.84 Å². The van der Waals surface area contributed by atoms with Gasteiger partial charge in [0.2, 0.25) is 0 Å². The minimum absolute atomic E-state index is 0.235. The zero-order valence-electron chi connectivity index (χ0n) is 10.9. The third kappa shape index (κ3) is 11.2. The third-order valence-electron chi connectivity index (χ3n) is 2.24. The van der Waals surface area contributed by atoms with E-state index in [1.807, 2.05) is 12.2 Å². The summed E-state index contributed by atoms with van der Waals surface area (Å²) in [5.74, 6) is -0.235. The van der Waals surface area contributed by atoms with Crippen LogP contribution < -0.4 is 0 Å². The highest BCUT2D eigenvalue weighted by atomic mass is 16.5. The number of hydrogen-bond donors (Lipinski definition) is 1. The van der Waals surface area contributed by atoms with Crippen LogP contribution in [0.4, 0.5) is 0 Å². The molecule has 3 heteroatoms. The molecule has 0 saturated carbocycles. The summed E-state index contributed by atoms with van der Waals surface area (Å²) < 4.78 is 4.79. The fraction of sp³-hybridized carbons (Fsp3) is 0.643. The molecular formula is C14H24O3. The van der Waals surface area contributed by atoms with Gasteiger partial charge in [-0.1, -0.05) is 31.2 Å². The van der Waals surface area contributed by atoms with Gasteiger partial charge in [0.1, 0.15) is 0 Å². The van der Waals surface area contributed by atoms with Crippen molar-refractivity contribution in [3.63, 3.8) is 0 Å². The Morgan fingerprint density at radius 2 is 1.94 bits per heavy atom. The van der Waals surface area contributed by atoms with Crippen molar-refractivity contribution in [2.75, 3.05) is 6.61 Å². The van der Waals surface area contributed by atoms with Crippen molar-refractivity contribution in [2.45, 2.75) is 52.1 Å². The molecule has 3 nitrogen and oxygen atoms in total. The zero-order valence-corrected chi connectivity index (χ0v) is 10.9. The minimum Gasteiger partial charge on any atom is -0.466 e. The van der Waals surface area contributed by atoms with Crippen molar-refractivity contribution in [2.24, 2.45) is 0 Å². The van der Waals surface area contributed by atoms with E-state index in [-0.39, 0.29) is 5.97 Å². The molecular weight excluding hydrogens is 216 g/mol. The Morgan fingerprint density at radius 3 is 2.59 bits per heavy atom. The molecule has 1 unspecified atom stereocenters. The standard InChI is InChI=1S/C14H24O3/c1-3-5-6-7-8-9-10-13(15)11-12-14(16)17-4-2/h5-6,8-9,13,15H,3-4,7,10-12H2,1-2H3/b6-5-,9-8-. The van der Waals surface area contributed by atoms with Crippen LogP contribution >= 0.6 is 0 Å². The number of rotatable bonds is 9. The van der Waals surface area contributed by atoms with E-state index in [9.17, 15) is 9.90 Å². The molecule has 0 spiro atoms.